The molecular weight excluding hydrogens is 469 g/mol. The second-order valence-electron chi connectivity index (χ2n) is 6.49. The van der Waals surface area contributed by atoms with E-state index >= 15 is 0 Å². The van der Waals surface area contributed by atoms with Crippen LogP contribution in [0.15, 0.2) is 23.4 Å². The Labute approximate surface area is 190 Å². The summed E-state index contributed by atoms with van der Waals surface area (Å²) in [4.78, 5) is 21.3. The van der Waals surface area contributed by atoms with Crippen LogP contribution in [0.25, 0.3) is 5.78 Å². The molecule has 0 aliphatic carbocycles. The standard InChI is InChI=1S/C18H20ClF3N8OS/c1-4-23-14-26-15(24-5-2)30-16(27-14)28-29-17(30)32-9(3)13(31)25-12-8-10(18(20,21)22)6-7-11(12)19/h6-9H,4-5H2,1-3H3,(H,25,31)(H2,23,24,26,27,28). The quantitative estimate of drug-likeness (QED) is 0.405. The molecule has 2 heterocycles. The van der Waals surface area contributed by atoms with Crippen molar-refractivity contribution >= 4 is 52.6 Å². The van der Waals surface area contributed by atoms with Gasteiger partial charge in [-0.2, -0.15) is 23.1 Å². The first-order chi connectivity index (χ1) is 15.1. The maximum atomic E-state index is 13.0. The zero-order valence-electron chi connectivity index (χ0n) is 17.3. The first-order valence-electron chi connectivity index (χ1n) is 9.59. The molecule has 0 saturated heterocycles. The van der Waals surface area contributed by atoms with Gasteiger partial charge in [0, 0.05) is 13.1 Å². The van der Waals surface area contributed by atoms with Crippen molar-refractivity contribution in [3.05, 3.63) is 28.8 Å². The van der Waals surface area contributed by atoms with Crippen LogP contribution in [-0.2, 0) is 11.0 Å². The second kappa shape index (κ2) is 9.77. The number of benzene rings is 1. The van der Waals surface area contributed by atoms with Gasteiger partial charge in [-0.3, -0.25) is 4.79 Å². The monoisotopic (exact) mass is 488 g/mol. The predicted octanol–water partition coefficient (Wildman–Crippen LogP) is 4.17. The molecule has 0 radical (unpaired) electrons. The van der Waals surface area contributed by atoms with Crippen LogP contribution in [0.5, 0.6) is 0 Å². The minimum absolute atomic E-state index is 0.00439. The first kappa shape index (κ1) is 23.9. The van der Waals surface area contributed by atoms with Crippen molar-refractivity contribution < 1.29 is 18.0 Å². The number of halogens is 4. The van der Waals surface area contributed by atoms with Gasteiger partial charge < -0.3 is 16.0 Å². The molecule has 3 N–H and O–H groups in total. The number of alkyl halides is 3. The Morgan fingerprint density at radius 3 is 2.56 bits per heavy atom. The third kappa shape index (κ3) is 5.33. The minimum atomic E-state index is -4.56. The van der Waals surface area contributed by atoms with Crippen molar-refractivity contribution in [3.63, 3.8) is 0 Å². The molecule has 172 valence electrons. The van der Waals surface area contributed by atoms with Crippen LogP contribution in [0, 0.1) is 0 Å². The summed E-state index contributed by atoms with van der Waals surface area (Å²) in [5, 5.41) is 16.3. The molecule has 3 rings (SSSR count). The number of nitrogens with zero attached hydrogens (tertiary/aromatic N) is 5. The van der Waals surface area contributed by atoms with Crippen LogP contribution in [-0.4, -0.2) is 48.8 Å². The molecule has 0 spiro atoms. The molecule has 0 fully saturated rings. The molecule has 0 bridgehead atoms. The van der Waals surface area contributed by atoms with E-state index in [0.29, 0.717) is 30.1 Å². The fraction of sp³-hybridized carbons (Fsp3) is 0.389. The van der Waals surface area contributed by atoms with Crippen molar-refractivity contribution in [2.75, 3.05) is 29.0 Å². The third-order valence-electron chi connectivity index (χ3n) is 4.12. The van der Waals surface area contributed by atoms with Crippen LogP contribution in [0.1, 0.15) is 26.3 Å². The lowest BCUT2D eigenvalue weighted by Gasteiger charge is -2.15. The number of fused-ring (bicyclic) bond motifs is 1. The largest absolute Gasteiger partial charge is 0.416 e. The molecule has 2 aromatic heterocycles. The number of hydrogen-bond acceptors (Lipinski definition) is 8. The highest BCUT2D eigenvalue weighted by molar-refractivity contribution is 8.00. The van der Waals surface area contributed by atoms with Gasteiger partial charge in [-0.15, -0.1) is 10.2 Å². The van der Waals surface area contributed by atoms with Gasteiger partial charge in [-0.1, -0.05) is 23.4 Å². The van der Waals surface area contributed by atoms with Gasteiger partial charge in [0.25, 0.3) is 5.78 Å². The van der Waals surface area contributed by atoms with Crippen LogP contribution in [0.2, 0.25) is 5.02 Å². The summed E-state index contributed by atoms with van der Waals surface area (Å²) >= 11 is 7.02. The summed E-state index contributed by atoms with van der Waals surface area (Å²) in [6, 6.07) is 2.73. The van der Waals surface area contributed by atoms with Crippen LogP contribution in [0.4, 0.5) is 30.8 Å². The van der Waals surface area contributed by atoms with Gasteiger partial charge in [0.15, 0.2) is 0 Å². The molecule has 32 heavy (non-hydrogen) atoms. The SMILES string of the molecule is CCNc1nc(NCC)n2c(SC(C)C(=O)Nc3cc(C(F)(F)F)ccc3Cl)nnc2n1. The van der Waals surface area contributed by atoms with E-state index in [9.17, 15) is 18.0 Å². The Balaban J connectivity index is 1.83. The van der Waals surface area contributed by atoms with E-state index in [1.165, 1.54) is 0 Å². The molecule has 0 aliphatic heterocycles. The Hall–Kier alpha value is -2.80. The van der Waals surface area contributed by atoms with E-state index in [-0.39, 0.29) is 16.5 Å². The Bertz CT molecular complexity index is 1120. The summed E-state index contributed by atoms with van der Waals surface area (Å²) in [5.41, 5.74) is -1.04. The average molecular weight is 489 g/mol. The number of carbonyl (C=O) groups is 1. The molecule has 9 nitrogen and oxygen atoms in total. The van der Waals surface area contributed by atoms with Crippen molar-refractivity contribution in [1.29, 1.82) is 0 Å². The van der Waals surface area contributed by atoms with Crippen LogP contribution in [0.3, 0.4) is 0 Å². The average Bonchev–Trinajstić information content (AvgIpc) is 3.12. The predicted molar refractivity (Wildman–Crippen MR) is 117 cm³/mol. The summed E-state index contributed by atoms with van der Waals surface area (Å²) < 4.78 is 40.5. The fourth-order valence-corrected chi connectivity index (χ4v) is 3.63. The van der Waals surface area contributed by atoms with Gasteiger partial charge in [-0.25, -0.2) is 4.40 Å². The summed E-state index contributed by atoms with van der Waals surface area (Å²) in [6.07, 6.45) is -4.56. The minimum Gasteiger partial charge on any atom is -0.355 e. The van der Waals surface area contributed by atoms with Crippen molar-refractivity contribution in [2.24, 2.45) is 0 Å². The number of amides is 1. The highest BCUT2D eigenvalue weighted by atomic mass is 35.5. The van der Waals surface area contributed by atoms with E-state index in [1.54, 1.807) is 11.3 Å². The van der Waals surface area contributed by atoms with Crippen molar-refractivity contribution in [1.82, 2.24) is 24.6 Å². The number of thioether (sulfide) groups is 1. The number of anilines is 3. The number of aromatic nitrogens is 5. The normalized spacial score (nSPS) is 12.6. The number of carbonyl (C=O) groups excluding carboxylic acids is 1. The molecule has 14 heteroatoms. The summed E-state index contributed by atoms with van der Waals surface area (Å²) in [6.45, 7) is 6.58. The zero-order valence-corrected chi connectivity index (χ0v) is 18.9. The maximum absolute atomic E-state index is 13.0. The topological polar surface area (TPSA) is 109 Å². The Kier molecular flexibility index (Phi) is 7.29. The number of hydrogen-bond donors (Lipinski definition) is 3. The Morgan fingerprint density at radius 1 is 1.19 bits per heavy atom. The summed E-state index contributed by atoms with van der Waals surface area (Å²) in [5.74, 6) is 0.547. The summed E-state index contributed by atoms with van der Waals surface area (Å²) in [7, 11) is 0. The van der Waals surface area contributed by atoms with Gasteiger partial charge in [0.05, 0.1) is 21.5 Å². The van der Waals surface area contributed by atoms with Crippen LogP contribution < -0.4 is 16.0 Å². The molecule has 1 aromatic carbocycles. The van der Waals surface area contributed by atoms with Gasteiger partial charge >= 0.3 is 6.18 Å². The van der Waals surface area contributed by atoms with E-state index < -0.39 is 22.9 Å². The van der Waals surface area contributed by atoms with E-state index in [2.05, 4.69) is 36.1 Å². The molecule has 1 atom stereocenters. The second-order valence-corrected chi connectivity index (χ2v) is 8.21. The lowest BCUT2D eigenvalue weighted by molar-refractivity contribution is -0.137. The highest BCUT2D eigenvalue weighted by Crippen LogP contribution is 2.34. The van der Waals surface area contributed by atoms with E-state index in [4.69, 9.17) is 11.6 Å². The highest BCUT2D eigenvalue weighted by Gasteiger charge is 2.31. The molecule has 0 aliphatic rings. The number of nitrogens with one attached hydrogen (secondary N) is 3. The lowest BCUT2D eigenvalue weighted by atomic mass is 10.2. The number of rotatable bonds is 8. The van der Waals surface area contributed by atoms with E-state index in [0.717, 1.165) is 30.0 Å². The Morgan fingerprint density at radius 2 is 1.91 bits per heavy atom. The third-order valence-corrected chi connectivity index (χ3v) is 5.49. The zero-order chi connectivity index (χ0) is 23.5. The first-order valence-corrected chi connectivity index (χ1v) is 10.8. The smallest absolute Gasteiger partial charge is 0.355 e. The lowest BCUT2D eigenvalue weighted by Crippen LogP contribution is -2.23. The van der Waals surface area contributed by atoms with Crippen LogP contribution >= 0.6 is 23.4 Å². The van der Waals surface area contributed by atoms with E-state index in [1.807, 2.05) is 13.8 Å². The maximum Gasteiger partial charge on any atom is 0.416 e. The molecular formula is C18H20ClF3N8OS. The molecule has 1 unspecified atom stereocenters. The van der Waals surface area contributed by atoms with Crippen molar-refractivity contribution in [3.8, 4) is 0 Å². The molecule has 3 aromatic rings. The fourth-order valence-electron chi connectivity index (χ4n) is 2.62. The van der Waals surface area contributed by atoms with Gasteiger partial charge in [0.2, 0.25) is 23.0 Å². The van der Waals surface area contributed by atoms with Gasteiger partial charge in [-0.05, 0) is 39.0 Å². The van der Waals surface area contributed by atoms with Crippen molar-refractivity contribution in [2.45, 2.75) is 37.4 Å². The van der Waals surface area contributed by atoms with Gasteiger partial charge in [0.1, 0.15) is 0 Å². The molecule has 0 saturated carbocycles. The molecule has 1 amide bonds.